The van der Waals surface area contributed by atoms with E-state index in [2.05, 4.69) is 78.8 Å². The normalized spacial score (nSPS) is 10.8. The molecule has 4 rings (SSSR count). The minimum atomic E-state index is 0.663. The molecule has 29 heavy (non-hydrogen) atoms. The zero-order valence-electron chi connectivity index (χ0n) is 16.8. The second-order valence-electron chi connectivity index (χ2n) is 7.33. The predicted octanol–water partition coefficient (Wildman–Crippen LogP) is 5.45. The Labute approximate surface area is 172 Å². The van der Waals surface area contributed by atoms with Gasteiger partial charge in [0.25, 0.3) is 0 Å². The Bertz CT molecular complexity index is 1040. The van der Waals surface area contributed by atoms with E-state index in [1.807, 2.05) is 29.2 Å². The molecule has 1 aromatic heterocycles. The van der Waals surface area contributed by atoms with Crippen LogP contribution < -0.4 is 4.74 Å². The Morgan fingerprint density at radius 2 is 1.66 bits per heavy atom. The molecule has 146 valence electrons. The van der Waals surface area contributed by atoms with Gasteiger partial charge in [0, 0.05) is 25.2 Å². The monoisotopic (exact) mass is 382 g/mol. The first-order valence-electron chi connectivity index (χ1n) is 10.1. The van der Waals surface area contributed by atoms with Gasteiger partial charge in [0.2, 0.25) is 0 Å². The molecule has 3 aromatic carbocycles. The van der Waals surface area contributed by atoms with Gasteiger partial charge in [-0.15, -0.1) is 0 Å². The lowest BCUT2D eigenvalue weighted by Crippen LogP contribution is -2.06. The number of rotatable bonds is 8. The van der Waals surface area contributed by atoms with Gasteiger partial charge in [0.15, 0.2) is 0 Å². The van der Waals surface area contributed by atoms with Gasteiger partial charge < -0.3 is 4.74 Å². The van der Waals surface area contributed by atoms with E-state index in [9.17, 15) is 0 Å². The van der Waals surface area contributed by atoms with E-state index in [0.717, 1.165) is 25.1 Å². The molecule has 0 amide bonds. The van der Waals surface area contributed by atoms with Gasteiger partial charge in [-0.1, -0.05) is 66.7 Å². The summed E-state index contributed by atoms with van der Waals surface area (Å²) in [5.41, 5.74) is 6.35. The topological polar surface area (TPSA) is 27.1 Å². The van der Waals surface area contributed by atoms with Gasteiger partial charge in [-0.3, -0.25) is 4.68 Å². The molecular weight excluding hydrogens is 356 g/mol. The standard InChI is InChI=1S/C26H26N2O/c1-21-8-5-6-11-24(21)19-25-13-12-23(20-28-16-7-15-27-28)18-26(25)29-17-14-22-9-3-2-4-10-22/h2-13,15-16,18H,14,17,19-20H2,1H3. The van der Waals surface area contributed by atoms with E-state index < -0.39 is 0 Å². The minimum absolute atomic E-state index is 0.663. The first-order chi connectivity index (χ1) is 14.3. The van der Waals surface area contributed by atoms with Crippen molar-refractivity contribution in [3.05, 3.63) is 119 Å². The maximum Gasteiger partial charge on any atom is 0.123 e. The fourth-order valence-corrected chi connectivity index (χ4v) is 3.50. The van der Waals surface area contributed by atoms with Crippen LogP contribution in [-0.2, 0) is 19.4 Å². The minimum Gasteiger partial charge on any atom is -0.493 e. The predicted molar refractivity (Wildman–Crippen MR) is 117 cm³/mol. The van der Waals surface area contributed by atoms with Crippen molar-refractivity contribution in [3.8, 4) is 5.75 Å². The highest BCUT2D eigenvalue weighted by atomic mass is 16.5. The van der Waals surface area contributed by atoms with E-state index in [0.29, 0.717) is 6.61 Å². The molecule has 3 heteroatoms. The third-order valence-electron chi connectivity index (χ3n) is 5.17. The molecule has 0 N–H and O–H groups in total. The fraction of sp³-hybridized carbons (Fsp3) is 0.192. The summed E-state index contributed by atoms with van der Waals surface area (Å²) < 4.78 is 8.22. The van der Waals surface area contributed by atoms with Crippen LogP contribution in [0.1, 0.15) is 27.8 Å². The van der Waals surface area contributed by atoms with Crippen LogP contribution in [0.3, 0.4) is 0 Å². The molecule has 0 atom stereocenters. The average molecular weight is 383 g/mol. The number of ether oxygens (including phenoxy) is 1. The second-order valence-corrected chi connectivity index (χ2v) is 7.33. The number of aryl methyl sites for hydroxylation is 1. The van der Waals surface area contributed by atoms with Crippen LogP contribution in [0.4, 0.5) is 0 Å². The van der Waals surface area contributed by atoms with Crippen LogP contribution >= 0.6 is 0 Å². The molecule has 0 aliphatic heterocycles. The summed E-state index contributed by atoms with van der Waals surface area (Å²) in [6.07, 6.45) is 5.56. The maximum atomic E-state index is 6.28. The van der Waals surface area contributed by atoms with Gasteiger partial charge in [0.1, 0.15) is 5.75 Å². The molecule has 0 aliphatic rings. The van der Waals surface area contributed by atoms with Gasteiger partial charge in [0.05, 0.1) is 13.2 Å². The summed E-state index contributed by atoms with van der Waals surface area (Å²) in [7, 11) is 0. The van der Waals surface area contributed by atoms with Crippen LogP contribution in [0.25, 0.3) is 0 Å². The van der Waals surface area contributed by atoms with E-state index in [1.165, 1.54) is 27.8 Å². The first-order valence-corrected chi connectivity index (χ1v) is 10.1. The maximum absolute atomic E-state index is 6.28. The van der Waals surface area contributed by atoms with Crippen LogP contribution in [0, 0.1) is 6.92 Å². The van der Waals surface area contributed by atoms with Crippen LogP contribution in [-0.4, -0.2) is 16.4 Å². The quantitative estimate of drug-likeness (QED) is 0.405. The summed E-state index contributed by atoms with van der Waals surface area (Å²) in [6, 6.07) is 27.5. The highest BCUT2D eigenvalue weighted by Gasteiger charge is 2.09. The zero-order valence-corrected chi connectivity index (χ0v) is 16.8. The van der Waals surface area contributed by atoms with Crippen molar-refractivity contribution in [2.75, 3.05) is 6.61 Å². The molecule has 0 aliphatic carbocycles. The lowest BCUT2D eigenvalue weighted by molar-refractivity contribution is 0.318. The Balaban J connectivity index is 1.54. The average Bonchev–Trinajstić information content (AvgIpc) is 3.25. The third-order valence-corrected chi connectivity index (χ3v) is 5.17. The summed E-state index contributed by atoms with van der Waals surface area (Å²) in [5.74, 6) is 0.967. The highest BCUT2D eigenvalue weighted by molar-refractivity contribution is 5.42. The van der Waals surface area contributed by atoms with E-state index in [-0.39, 0.29) is 0 Å². The van der Waals surface area contributed by atoms with E-state index in [1.54, 1.807) is 0 Å². The van der Waals surface area contributed by atoms with Gasteiger partial charge in [-0.2, -0.15) is 5.10 Å². The Hall–Kier alpha value is -3.33. The number of aromatic nitrogens is 2. The molecule has 0 radical (unpaired) electrons. The number of nitrogens with zero attached hydrogens (tertiary/aromatic N) is 2. The summed E-state index contributed by atoms with van der Waals surface area (Å²) in [5, 5.41) is 4.32. The third kappa shape index (κ3) is 5.14. The molecule has 0 fully saturated rings. The lowest BCUT2D eigenvalue weighted by Gasteiger charge is -2.15. The SMILES string of the molecule is Cc1ccccc1Cc1ccc(Cn2cccn2)cc1OCCc1ccccc1. The summed E-state index contributed by atoms with van der Waals surface area (Å²) in [6.45, 7) is 3.57. The Kier molecular flexibility index (Phi) is 6.06. The van der Waals surface area contributed by atoms with Gasteiger partial charge in [-0.25, -0.2) is 0 Å². The van der Waals surface area contributed by atoms with Crippen molar-refractivity contribution in [2.45, 2.75) is 26.3 Å². The first kappa shape index (κ1) is 19.0. The molecule has 0 saturated heterocycles. The Morgan fingerprint density at radius 1 is 0.828 bits per heavy atom. The molecule has 4 aromatic rings. The molecule has 1 heterocycles. The van der Waals surface area contributed by atoms with Crippen molar-refractivity contribution in [2.24, 2.45) is 0 Å². The smallest absolute Gasteiger partial charge is 0.123 e. The Morgan fingerprint density at radius 3 is 2.45 bits per heavy atom. The van der Waals surface area contributed by atoms with Crippen molar-refractivity contribution >= 4 is 0 Å². The molecule has 0 unspecified atom stereocenters. The molecule has 0 spiro atoms. The largest absolute Gasteiger partial charge is 0.493 e. The van der Waals surface area contributed by atoms with Gasteiger partial charge in [-0.05, 0) is 46.9 Å². The summed E-state index contributed by atoms with van der Waals surface area (Å²) >= 11 is 0. The van der Waals surface area contributed by atoms with Crippen molar-refractivity contribution < 1.29 is 4.74 Å². The second kappa shape index (κ2) is 9.24. The molecule has 0 saturated carbocycles. The van der Waals surface area contributed by atoms with E-state index >= 15 is 0 Å². The molecular formula is C26H26N2O. The summed E-state index contributed by atoms with van der Waals surface area (Å²) in [4.78, 5) is 0. The van der Waals surface area contributed by atoms with Crippen molar-refractivity contribution in [1.82, 2.24) is 9.78 Å². The van der Waals surface area contributed by atoms with Crippen LogP contribution in [0.2, 0.25) is 0 Å². The number of hydrogen-bond donors (Lipinski definition) is 0. The van der Waals surface area contributed by atoms with Gasteiger partial charge >= 0.3 is 0 Å². The van der Waals surface area contributed by atoms with Crippen molar-refractivity contribution in [1.29, 1.82) is 0 Å². The lowest BCUT2D eigenvalue weighted by atomic mass is 9.99. The molecule has 3 nitrogen and oxygen atoms in total. The van der Waals surface area contributed by atoms with Crippen LogP contribution in [0.5, 0.6) is 5.75 Å². The highest BCUT2D eigenvalue weighted by Crippen LogP contribution is 2.25. The van der Waals surface area contributed by atoms with E-state index in [4.69, 9.17) is 4.74 Å². The number of benzene rings is 3. The molecule has 0 bridgehead atoms. The number of hydrogen-bond acceptors (Lipinski definition) is 2. The zero-order chi connectivity index (χ0) is 19.9. The fourth-order valence-electron chi connectivity index (χ4n) is 3.50. The van der Waals surface area contributed by atoms with Crippen LogP contribution in [0.15, 0.2) is 91.3 Å². The van der Waals surface area contributed by atoms with Crippen molar-refractivity contribution in [3.63, 3.8) is 0 Å².